The SMILES string of the molecule is CCOP(=O)(OCC)C(NC(=O)c1ccc(N2CCCC2)c([N+](=O)[O-])c1)c1ccccc1. The molecule has 0 aliphatic carbocycles. The molecule has 1 unspecified atom stereocenters. The molecule has 0 spiro atoms. The molecule has 0 aromatic heterocycles. The summed E-state index contributed by atoms with van der Waals surface area (Å²) in [4.78, 5) is 26.3. The Morgan fingerprint density at radius 1 is 1.12 bits per heavy atom. The Hall–Kier alpha value is -2.74. The molecule has 1 aliphatic heterocycles. The number of amides is 1. The van der Waals surface area contributed by atoms with Gasteiger partial charge in [-0.3, -0.25) is 19.5 Å². The molecule has 1 amide bonds. The van der Waals surface area contributed by atoms with Gasteiger partial charge in [-0.05, 0) is 44.4 Å². The van der Waals surface area contributed by atoms with Crippen molar-refractivity contribution < 1.29 is 23.3 Å². The molecular weight excluding hydrogens is 433 g/mol. The molecule has 2 aromatic carbocycles. The van der Waals surface area contributed by atoms with E-state index in [0.717, 1.165) is 25.9 Å². The molecule has 1 atom stereocenters. The molecule has 1 saturated heterocycles. The smallest absolute Gasteiger partial charge is 0.357 e. The number of carbonyl (C=O) groups excluding carboxylic acids is 1. The maximum atomic E-state index is 13.5. The Kier molecular flexibility index (Phi) is 8.01. The lowest BCUT2D eigenvalue weighted by Gasteiger charge is -2.27. The Morgan fingerprint density at radius 3 is 2.31 bits per heavy atom. The molecule has 1 fully saturated rings. The third kappa shape index (κ3) is 5.35. The van der Waals surface area contributed by atoms with E-state index < -0.39 is 24.2 Å². The Labute approximate surface area is 187 Å². The molecule has 1 aliphatic rings. The van der Waals surface area contributed by atoms with Crippen molar-refractivity contribution in [1.29, 1.82) is 0 Å². The highest BCUT2D eigenvalue weighted by molar-refractivity contribution is 7.54. The fraction of sp³-hybridized carbons (Fsp3) is 0.409. The summed E-state index contributed by atoms with van der Waals surface area (Å²) in [6.07, 6.45) is 1.95. The van der Waals surface area contributed by atoms with Crippen LogP contribution in [0.4, 0.5) is 11.4 Å². The standard InChI is InChI=1S/C22H28N3O6P/c1-3-30-32(29,31-4-2)22(17-10-6-5-7-11-17)23-21(26)18-12-13-19(20(16-18)25(27)28)24-14-8-9-15-24/h5-7,10-13,16,22H,3-4,8-9,14-15H2,1-2H3,(H,23,26). The highest BCUT2D eigenvalue weighted by Crippen LogP contribution is 2.59. The predicted molar refractivity (Wildman–Crippen MR) is 122 cm³/mol. The Bertz CT molecular complexity index is 984. The molecule has 2 aromatic rings. The number of anilines is 1. The van der Waals surface area contributed by atoms with Gasteiger partial charge < -0.3 is 19.3 Å². The van der Waals surface area contributed by atoms with Gasteiger partial charge in [0.15, 0.2) is 5.78 Å². The first kappa shape index (κ1) is 23.9. The van der Waals surface area contributed by atoms with E-state index in [1.54, 1.807) is 56.3 Å². The van der Waals surface area contributed by atoms with E-state index in [0.29, 0.717) is 11.3 Å². The van der Waals surface area contributed by atoms with Gasteiger partial charge in [0.05, 0.1) is 18.1 Å². The average molecular weight is 461 g/mol. The lowest BCUT2D eigenvalue weighted by Crippen LogP contribution is -2.30. The van der Waals surface area contributed by atoms with Crippen molar-refractivity contribution in [2.24, 2.45) is 0 Å². The number of hydrogen-bond acceptors (Lipinski definition) is 7. The molecule has 0 radical (unpaired) electrons. The van der Waals surface area contributed by atoms with E-state index >= 15 is 0 Å². The monoisotopic (exact) mass is 461 g/mol. The molecule has 172 valence electrons. The quantitative estimate of drug-likeness (QED) is 0.305. The number of nitrogens with one attached hydrogen (secondary N) is 1. The van der Waals surface area contributed by atoms with E-state index in [4.69, 9.17) is 9.05 Å². The molecule has 10 heteroatoms. The van der Waals surface area contributed by atoms with Crippen molar-refractivity contribution in [3.63, 3.8) is 0 Å². The zero-order chi connectivity index (χ0) is 23.1. The van der Waals surface area contributed by atoms with Crippen molar-refractivity contribution in [2.45, 2.75) is 32.5 Å². The first-order valence-electron chi connectivity index (χ1n) is 10.7. The van der Waals surface area contributed by atoms with E-state index in [2.05, 4.69) is 5.32 Å². The topological polar surface area (TPSA) is 111 Å². The van der Waals surface area contributed by atoms with Gasteiger partial charge in [0.1, 0.15) is 5.69 Å². The van der Waals surface area contributed by atoms with E-state index in [1.807, 2.05) is 4.90 Å². The number of nitro benzene ring substituents is 1. The van der Waals surface area contributed by atoms with Crippen molar-refractivity contribution in [1.82, 2.24) is 5.32 Å². The number of benzene rings is 2. The van der Waals surface area contributed by atoms with E-state index in [1.165, 1.54) is 6.07 Å². The van der Waals surface area contributed by atoms with Gasteiger partial charge in [0.25, 0.3) is 11.6 Å². The number of carbonyl (C=O) groups is 1. The minimum atomic E-state index is -3.76. The minimum Gasteiger partial charge on any atom is -0.366 e. The van der Waals surface area contributed by atoms with Crippen LogP contribution >= 0.6 is 7.60 Å². The largest absolute Gasteiger partial charge is 0.366 e. The number of hydrogen-bond donors (Lipinski definition) is 1. The molecule has 0 saturated carbocycles. The first-order valence-corrected chi connectivity index (χ1v) is 12.3. The van der Waals surface area contributed by atoms with Crippen LogP contribution in [0.5, 0.6) is 0 Å². The number of nitrogens with zero attached hydrogens (tertiary/aromatic N) is 2. The maximum absolute atomic E-state index is 13.5. The molecule has 9 nitrogen and oxygen atoms in total. The van der Waals surface area contributed by atoms with Crippen LogP contribution in [0.3, 0.4) is 0 Å². The molecular formula is C22H28N3O6P. The highest BCUT2D eigenvalue weighted by Gasteiger charge is 2.38. The summed E-state index contributed by atoms with van der Waals surface area (Å²) in [5, 5.41) is 14.4. The molecule has 0 bridgehead atoms. The molecule has 32 heavy (non-hydrogen) atoms. The van der Waals surface area contributed by atoms with E-state index in [9.17, 15) is 19.5 Å². The second kappa shape index (κ2) is 10.7. The third-order valence-corrected chi connectivity index (χ3v) is 7.49. The van der Waals surface area contributed by atoms with Crippen molar-refractivity contribution in [2.75, 3.05) is 31.2 Å². The van der Waals surface area contributed by atoms with Crippen LogP contribution in [0, 0.1) is 10.1 Å². The zero-order valence-electron chi connectivity index (χ0n) is 18.2. The van der Waals surface area contributed by atoms with Crippen LogP contribution in [0.1, 0.15) is 48.4 Å². The second-order valence-electron chi connectivity index (χ2n) is 7.32. The molecule has 1 heterocycles. The van der Waals surface area contributed by atoms with Crippen molar-refractivity contribution >= 4 is 24.9 Å². The fourth-order valence-electron chi connectivity index (χ4n) is 3.77. The summed E-state index contributed by atoms with van der Waals surface area (Å²) >= 11 is 0. The van der Waals surface area contributed by atoms with Gasteiger partial charge in [0.2, 0.25) is 0 Å². The molecule has 3 rings (SSSR count). The van der Waals surface area contributed by atoms with Gasteiger partial charge >= 0.3 is 7.60 Å². The van der Waals surface area contributed by atoms with Crippen LogP contribution in [0.15, 0.2) is 48.5 Å². The Morgan fingerprint density at radius 2 is 1.75 bits per heavy atom. The van der Waals surface area contributed by atoms with Gasteiger partial charge in [-0.2, -0.15) is 0 Å². The number of nitro groups is 1. The third-order valence-electron chi connectivity index (χ3n) is 5.20. The normalized spacial score (nSPS) is 14.9. The summed E-state index contributed by atoms with van der Waals surface area (Å²) in [5.74, 6) is -1.66. The first-order chi connectivity index (χ1) is 15.4. The average Bonchev–Trinajstić information content (AvgIpc) is 3.32. The number of rotatable bonds is 10. The predicted octanol–water partition coefficient (Wildman–Crippen LogP) is 4.89. The van der Waals surface area contributed by atoms with Crippen LogP contribution in [-0.2, 0) is 13.6 Å². The highest BCUT2D eigenvalue weighted by atomic mass is 31.2. The van der Waals surface area contributed by atoms with Crippen LogP contribution < -0.4 is 10.2 Å². The summed E-state index contributed by atoms with van der Waals surface area (Å²) in [5.41, 5.74) is 1.01. The second-order valence-corrected chi connectivity index (χ2v) is 9.43. The lowest BCUT2D eigenvalue weighted by molar-refractivity contribution is -0.384. The van der Waals surface area contributed by atoms with Gasteiger partial charge in [-0.15, -0.1) is 0 Å². The summed E-state index contributed by atoms with van der Waals surface area (Å²) in [6.45, 7) is 5.13. The van der Waals surface area contributed by atoms with Crippen LogP contribution in [0.25, 0.3) is 0 Å². The lowest BCUT2D eigenvalue weighted by atomic mass is 10.1. The summed E-state index contributed by atoms with van der Waals surface area (Å²) < 4.78 is 24.5. The minimum absolute atomic E-state index is 0.0973. The van der Waals surface area contributed by atoms with Crippen LogP contribution in [-0.4, -0.2) is 37.1 Å². The van der Waals surface area contributed by atoms with Crippen LogP contribution in [0.2, 0.25) is 0 Å². The molecule has 1 N–H and O–H groups in total. The van der Waals surface area contributed by atoms with Gasteiger partial charge in [-0.1, -0.05) is 30.3 Å². The summed E-state index contributed by atoms with van der Waals surface area (Å²) in [7, 11) is -3.76. The summed E-state index contributed by atoms with van der Waals surface area (Å²) in [6, 6.07) is 13.2. The van der Waals surface area contributed by atoms with Crippen molar-refractivity contribution in [3.05, 3.63) is 69.8 Å². The van der Waals surface area contributed by atoms with Crippen molar-refractivity contribution in [3.8, 4) is 0 Å². The zero-order valence-corrected chi connectivity index (χ0v) is 19.1. The van der Waals surface area contributed by atoms with Gasteiger partial charge in [0, 0.05) is 24.7 Å². The van der Waals surface area contributed by atoms with E-state index in [-0.39, 0.29) is 24.5 Å². The fourth-order valence-corrected chi connectivity index (χ4v) is 5.68. The van der Waals surface area contributed by atoms with Gasteiger partial charge in [-0.25, -0.2) is 0 Å². The Balaban J connectivity index is 1.94. The maximum Gasteiger partial charge on any atom is 0.357 e.